The fraction of sp³-hybridized carbons (Fsp3) is 0.364. The third kappa shape index (κ3) is 3.47. The van der Waals surface area contributed by atoms with Crippen molar-refractivity contribution >= 4 is 21.8 Å². The molecule has 1 aromatic rings. The van der Waals surface area contributed by atoms with Crippen LogP contribution in [-0.4, -0.2) is 38.0 Å². The Bertz CT molecular complexity index is 403. The predicted molar refractivity (Wildman–Crippen MR) is 64.9 cm³/mol. The van der Waals surface area contributed by atoms with E-state index in [0.717, 1.165) is 12.1 Å². The van der Waals surface area contributed by atoms with Gasteiger partial charge in [0.1, 0.15) is 17.2 Å². The molecule has 0 saturated carbocycles. The van der Waals surface area contributed by atoms with Crippen LogP contribution in [0.3, 0.4) is 0 Å². The predicted octanol–water partition coefficient (Wildman–Crippen LogP) is 2.02. The van der Waals surface area contributed by atoms with Crippen molar-refractivity contribution in [1.82, 2.24) is 10.2 Å². The first-order valence-electron chi connectivity index (χ1n) is 5.02. The second kappa shape index (κ2) is 6.07. The largest absolute Gasteiger partial charge is 0.340 e. The highest BCUT2D eigenvalue weighted by Gasteiger charge is 2.21. The third-order valence-corrected chi connectivity index (χ3v) is 2.72. The molecule has 0 fully saturated rings. The molecule has 0 atom stereocenters. The van der Waals surface area contributed by atoms with Gasteiger partial charge in [0.2, 0.25) is 0 Å². The number of likely N-dealkylation sites (N-methyl/N-ethyl adjacent to an activating group) is 2. The number of nitrogens with zero attached hydrogens (tertiary/aromatic N) is 1. The summed E-state index contributed by atoms with van der Waals surface area (Å²) in [5.41, 5.74) is -0.521. The first kappa shape index (κ1) is 14.1. The zero-order valence-corrected chi connectivity index (χ0v) is 11.1. The zero-order chi connectivity index (χ0) is 13.0. The van der Waals surface area contributed by atoms with Crippen LogP contribution in [-0.2, 0) is 0 Å². The van der Waals surface area contributed by atoms with Crippen molar-refractivity contribution in [2.75, 3.05) is 27.2 Å². The monoisotopic (exact) mass is 306 g/mol. The van der Waals surface area contributed by atoms with Crippen LogP contribution in [0.1, 0.15) is 10.4 Å². The molecule has 0 bridgehead atoms. The van der Waals surface area contributed by atoms with E-state index in [1.54, 1.807) is 7.05 Å². The number of benzene rings is 1. The topological polar surface area (TPSA) is 32.3 Å². The van der Waals surface area contributed by atoms with E-state index in [-0.39, 0.29) is 4.47 Å². The van der Waals surface area contributed by atoms with E-state index < -0.39 is 23.1 Å². The van der Waals surface area contributed by atoms with Gasteiger partial charge in [0, 0.05) is 24.6 Å². The van der Waals surface area contributed by atoms with Crippen LogP contribution in [0, 0.1) is 11.6 Å². The minimum atomic E-state index is -0.863. The van der Waals surface area contributed by atoms with E-state index in [1.807, 2.05) is 0 Å². The van der Waals surface area contributed by atoms with Gasteiger partial charge in [0.15, 0.2) is 0 Å². The Balaban J connectivity index is 2.96. The number of rotatable bonds is 4. The molecule has 0 aliphatic carbocycles. The van der Waals surface area contributed by atoms with Crippen molar-refractivity contribution in [1.29, 1.82) is 0 Å². The molecular formula is C11H13BrF2N2O. The number of amides is 1. The van der Waals surface area contributed by atoms with Crippen molar-refractivity contribution in [3.8, 4) is 0 Å². The molecule has 0 aliphatic heterocycles. The molecule has 0 heterocycles. The Morgan fingerprint density at radius 1 is 1.41 bits per heavy atom. The summed E-state index contributed by atoms with van der Waals surface area (Å²) in [6.07, 6.45) is 0. The number of hydrogen-bond acceptors (Lipinski definition) is 2. The zero-order valence-electron chi connectivity index (χ0n) is 9.56. The Hall–Kier alpha value is -1.01. The van der Waals surface area contributed by atoms with Gasteiger partial charge in [-0.2, -0.15) is 0 Å². The molecule has 1 aromatic carbocycles. The van der Waals surface area contributed by atoms with E-state index in [1.165, 1.54) is 11.9 Å². The molecule has 1 rings (SSSR count). The van der Waals surface area contributed by atoms with Gasteiger partial charge in [-0.1, -0.05) is 15.9 Å². The molecule has 6 heteroatoms. The van der Waals surface area contributed by atoms with Crippen LogP contribution in [0.5, 0.6) is 0 Å². The van der Waals surface area contributed by atoms with Gasteiger partial charge < -0.3 is 10.2 Å². The average molecular weight is 307 g/mol. The molecule has 0 aliphatic rings. The van der Waals surface area contributed by atoms with Crippen LogP contribution >= 0.6 is 15.9 Å². The summed E-state index contributed by atoms with van der Waals surface area (Å²) in [5, 5.41) is 2.85. The number of carbonyl (C=O) groups is 1. The summed E-state index contributed by atoms with van der Waals surface area (Å²) in [7, 11) is 3.24. The standard InChI is InChI=1S/C11H13BrF2N2O/c1-15-3-4-16(2)11(17)10-8(13)5-7(12)6-9(10)14/h5-6,15H,3-4H2,1-2H3. The second-order valence-electron chi connectivity index (χ2n) is 3.57. The van der Waals surface area contributed by atoms with Gasteiger partial charge in [0.25, 0.3) is 5.91 Å². The van der Waals surface area contributed by atoms with Crippen molar-refractivity contribution < 1.29 is 13.6 Å². The maximum absolute atomic E-state index is 13.5. The summed E-state index contributed by atoms with van der Waals surface area (Å²) in [6, 6.07) is 2.14. The number of halogens is 3. The number of nitrogens with one attached hydrogen (secondary N) is 1. The molecule has 0 aromatic heterocycles. The molecule has 0 unspecified atom stereocenters. The van der Waals surface area contributed by atoms with Crippen molar-refractivity contribution in [3.05, 3.63) is 33.8 Å². The van der Waals surface area contributed by atoms with Gasteiger partial charge in [0.05, 0.1) is 0 Å². The molecule has 0 radical (unpaired) electrons. The lowest BCUT2D eigenvalue weighted by Gasteiger charge is -2.17. The van der Waals surface area contributed by atoms with Crippen LogP contribution in [0.2, 0.25) is 0 Å². The molecule has 17 heavy (non-hydrogen) atoms. The second-order valence-corrected chi connectivity index (χ2v) is 4.49. The maximum Gasteiger partial charge on any atom is 0.259 e. The number of hydrogen-bond donors (Lipinski definition) is 1. The van der Waals surface area contributed by atoms with E-state index in [0.29, 0.717) is 13.1 Å². The minimum Gasteiger partial charge on any atom is -0.340 e. The Labute approximate surface area is 107 Å². The van der Waals surface area contributed by atoms with Crippen LogP contribution in [0.4, 0.5) is 8.78 Å². The number of carbonyl (C=O) groups excluding carboxylic acids is 1. The van der Waals surface area contributed by atoms with E-state index in [4.69, 9.17) is 0 Å². The van der Waals surface area contributed by atoms with E-state index in [9.17, 15) is 13.6 Å². The van der Waals surface area contributed by atoms with Crippen molar-refractivity contribution in [2.24, 2.45) is 0 Å². The first-order valence-corrected chi connectivity index (χ1v) is 5.81. The lowest BCUT2D eigenvalue weighted by molar-refractivity contribution is 0.0787. The average Bonchev–Trinajstić information content (AvgIpc) is 2.24. The molecule has 1 N–H and O–H groups in total. The van der Waals surface area contributed by atoms with Gasteiger partial charge in [-0.3, -0.25) is 4.79 Å². The summed E-state index contributed by atoms with van der Waals surface area (Å²) in [6.45, 7) is 0.937. The third-order valence-electron chi connectivity index (χ3n) is 2.26. The maximum atomic E-state index is 13.5. The smallest absolute Gasteiger partial charge is 0.259 e. The molecule has 3 nitrogen and oxygen atoms in total. The summed E-state index contributed by atoms with van der Waals surface area (Å²) in [5.74, 6) is -2.39. The molecule has 0 saturated heterocycles. The lowest BCUT2D eigenvalue weighted by Crippen LogP contribution is -2.33. The quantitative estimate of drug-likeness (QED) is 0.923. The van der Waals surface area contributed by atoms with Gasteiger partial charge >= 0.3 is 0 Å². The fourth-order valence-electron chi connectivity index (χ4n) is 1.32. The summed E-state index contributed by atoms with van der Waals surface area (Å²) >= 11 is 2.96. The molecule has 0 spiro atoms. The highest BCUT2D eigenvalue weighted by Crippen LogP contribution is 2.20. The summed E-state index contributed by atoms with van der Waals surface area (Å²) in [4.78, 5) is 13.1. The lowest BCUT2D eigenvalue weighted by atomic mass is 10.1. The van der Waals surface area contributed by atoms with Crippen LogP contribution < -0.4 is 5.32 Å². The molecule has 1 amide bonds. The summed E-state index contributed by atoms with van der Waals surface area (Å²) < 4.78 is 27.3. The minimum absolute atomic E-state index is 0.266. The van der Waals surface area contributed by atoms with Crippen LogP contribution in [0.15, 0.2) is 16.6 Å². The molecule has 94 valence electrons. The Kier molecular flexibility index (Phi) is 5.02. The fourth-order valence-corrected chi connectivity index (χ4v) is 1.72. The van der Waals surface area contributed by atoms with Crippen molar-refractivity contribution in [3.63, 3.8) is 0 Å². The van der Waals surface area contributed by atoms with Crippen LogP contribution in [0.25, 0.3) is 0 Å². The van der Waals surface area contributed by atoms with Gasteiger partial charge in [-0.05, 0) is 19.2 Å². The van der Waals surface area contributed by atoms with Gasteiger partial charge in [-0.15, -0.1) is 0 Å². The van der Waals surface area contributed by atoms with E-state index in [2.05, 4.69) is 21.2 Å². The van der Waals surface area contributed by atoms with Crippen molar-refractivity contribution in [2.45, 2.75) is 0 Å². The Morgan fingerprint density at radius 2 is 1.94 bits per heavy atom. The van der Waals surface area contributed by atoms with E-state index >= 15 is 0 Å². The first-order chi connectivity index (χ1) is 7.97. The normalized spacial score (nSPS) is 10.4. The highest BCUT2D eigenvalue weighted by molar-refractivity contribution is 9.10. The highest BCUT2D eigenvalue weighted by atomic mass is 79.9. The molecular weight excluding hydrogens is 294 g/mol. The SMILES string of the molecule is CNCCN(C)C(=O)c1c(F)cc(Br)cc1F. The Morgan fingerprint density at radius 3 is 2.41 bits per heavy atom. The van der Waals surface area contributed by atoms with Gasteiger partial charge in [-0.25, -0.2) is 8.78 Å².